The Balaban J connectivity index is 0.00000267. The molecule has 7 nitrogen and oxygen atoms in total. The highest BCUT2D eigenvalue weighted by molar-refractivity contribution is 6.30. The molecule has 3 aromatic heterocycles. The topological polar surface area (TPSA) is 64.7 Å². The number of benzene rings is 2. The van der Waals surface area contributed by atoms with Crippen LogP contribution in [0.2, 0.25) is 5.02 Å². The molecule has 1 saturated heterocycles. The third-order valence-corrected chi connectivity index (χ3v) is 6.75. The van der Waals surface area contributed by atoms with Gasteiger partial charge in [0.05, 0.1) is 36.1 Å². The summed E-state index contributed by atoms with van der Waals surface area (Å²) in [6, 6.07) is 19.6. The molecule has 1 aliphatic rings. The van der Waals surface area contributed by atoms with Crippen LogP contribution in [0.3, 0.4) is 0 Å². The van der Waals surface area contributed by atoms with Crippen LogP contribution < -0.4 is 10.5 Å². The zero-order valence-electron chi connectivity index (χ0n) is 19.5. The minimum absolute atomic E-state index is 0. The van der Waals surface area contributed by atoms with Crippen LogP contribution in [-0.4, -0.2) is 38.9 Å². The number of ether oxygens (including phenoxy) is 1. The lowest BCUT2D eigenvalue weighted by Gasteiger charge is -2.35. The monoisotopic (exact) mass is 521 g/mol. The van der Waals surface area contributed by atoms with Crippen molar-refractivity contribution in [1.29, 1.82) is 0 Å². The minimum Gasteiger partial charge on any atom is -0.370 e. The number of aryl methyl sites for hydroxylation is 2. The van der Waals surface area contributed by atoms with E-state index < -0.39 is 0 Å². The molecule has 0 aliphatic carbocycles. The van der Waals surface area contributed by atoms with Crippen molar-refractivity contribution < 1.29 is 4.74 Å². The predicted octanol–water partition coefficient (Wildman–Crippen LogP) is 4.94. The van der Waals surface area contributed by atoms with Crippen LogP contribution in [0.1, 0.15) is 17.4 Å². The largest absolute Gasteiger partial charge is 0.370 e. The summed E-state index contributed by atoms with van der Waals surface area (Å²) >= 11 is 6.06. The Hall–Kier alpha value is -3.39. The van der Waals surface area contributed by atoms with Gasteiger partial charge in [-0.15, -0.1) is 12.4 Å². The van der Waals surface area contributed by atoms with Crippen LogP contribution in [0.25, 0.3) is 16.4 Å². The molecule has 1 atom stereocenters. The average Bonchev–Trinajstić information content (AvgIpc) is 3.32. The van der Waals surface area contributed by atoms with Crippen molar-refractivity contribution in [2.24, 2.45) is 0 Å². The van der Waals surface area contributed by atoms with Crippen molar-refractivity contribution in [1.82, 2.24) is 19.2 Å². The van der Waals surface area contributed by atoms with E-state index in [9.17, 15) is 4.79 Å². The second kappa shape index (κ2) is 10.3. The standard InChI is InChI=1S/C27H24ClN5O2.ClH/c28-21-9-7-19(8-10-21)24-18-31(14-15-35-24)23-5-3-4-20-16-29-33(27(34)26(20)23)13-11-22-17-32-12-2-1-6-25(32)30-22;/h1-10,12,16-17,24H,11,13-15,18H2;1H. The van der Waals surface area contributed by atoms with E-state index in [-0.39, 0.29) is 24.1 Å². The lowest BCUT2D eigenvalue weighted by Crippen LogP contribution is -2.39. The van der Waals surface area contributed by atoms with Gasteiger partial charge in [-0.3, -0.25) is 4.79 Å². The quantitative estimate of drug-likeness (QED) is 0.327. The van der Waals surface area contributed by atoms with Crippen molar-refractivity contribution in [2.75, 3.05) is 24.6 Å². The molecular weight excluding hydrogens is 497 g/mol. The van der Waals surface area contributed by atoms with Crippen LogP contribution in [0, 0.1) is 0 Å². The van der Waals surface area contributed by atoms with Crippen LogP contribution >= 0.6 is 24.0 Å². The van der Waals surface area contributed by atoms with Gasteiger partial charge in [-0.2, -0.15) is 5.10 Å². The minimum atomic E-state index is -0.0876. The van der Waals surface area contributed by atoms with Gasteiger partial charge in [0, 0.05) is 42.3 Å². The number of imidazole rings is 1. The molecule has 1 unspecified atom stereocenters. The Labute approximate surface area is 219 Å². The van der Waals surface area contributed by atoms with Crippen molar-refractivity contribution >= 4 is 46.1 Å². The first-order valence-corrected chi connectivity index (χ1v) is 12.1. The molecule has 1 aliphatic heterocycles. The van der Waals surface area contributed by atoms with Crippen molar-refractivity contribution in [3.05, 3.63) is 106 Å². The summed E-state index contributed by atoms with van der Waals surface area (Å²) in [6.07, 6.45) is 6.28. The molecule has 9 heteroatoms. The van der Waals surface area contributed by atoms with E-state index in [2.05, 4.69) is 15.0 Å². The molecule has 0 saturated carbocycles. The van der Waals surface area contributed by atoms with E-state index in [1.807, 2.05) is 77.5 Å². The molecule has 0 spiro atoms. The molecule has 0 N–H and O–H groups in total. The maximum atomic E-state index is 13.6. The van der Waals surface area contributed by atoms with Crippen LogP contribution in [0.5, 0.6) is 0 Å². The normalized spacial score (nSPS) is 15.8. The van der Waals surface area contributed by atoms with Gasteiger partial charge < -0.3 is 14.0 Å². The maximum absolute atomic E-state index is 13.6. The third kappa shape index (κ3) is 4.69. The Morgan fingerprint density at radius 3 is 2.75 bits per heavy atom. The number of fused-ring (bicyclic) bond motifs is 2. The zero-order chi connectivity index (χ0) is 23.8. The van der Waals surface area contributed by atoms with Crippen LogP contribution in [0.15, 0.2) is 84.0 Å². The first-order chi connectivity index (χ1) is 17.2. The fourth-order valence-electron chi connectivity index (χ4n) is 4.71. The molecule has 6 rings (SSSR count). The number of morpholine rings is 1. The number of anilines is 1. The highest BCUT2D eigenvalue weighted by Gasteiger charge is 2.24. The van der Waals surface area contributed by atoms with Crippen molar-refractivity contribution in [3.8, 4) is 0 Å². The number of rotatable bonds is 5. The Kier molecular flexibility index (Phi) is 6.96. The molecule has 36 heavy (non-hydrogen) atoms. The fourth-order valence-corrected chi connectivity index (χ4v) is 4.84. The summed E-state index contributed by atoms with van der Waals surface area (Å²) in [5.74, 6) is 0. The number of halogens is 2. The lowest BCUT2D eigenvalue weighted by molar-refractivity contribution is 0.0399. The molecule has 0 bridgehead atoms. The molecule has 1 fully saturated rings. The highest BCUT2D eigenvalue weighted by atomic mass is 35.5. The summed E-state index contributed by atoms with van der Waals surface area (Å²) < 4.78 is 9.58. The Morgan fingerprint density at radius 1 is 1.06 bits per heavy atom. The van der Waals surface area contributed by atoms with Gasteiger partial charge in [0.1, 0.15) is 11.8 Å². The maximum Gasteiger partial charge on any atom is 0.276 e. The van der Waals surface area contributed by atoms with Gasteiger partial charge in [0.25, 0.3) is 5.56 Å². The first-order valence-electron chi connectivity index (χ1n) is 11.7. The predicted molar refractivity (Wildman–Crippen MR) is 145 cm³/mol. The second-order valence-corrected chi connectivity index (χ2v) is 9.16. The molecule has 0 amide bonds. The third-order valence-electron chi connectivity index (χ3n) is 6.50. The number of hydrogen-bond acceptors (Lipinski definition) is 5. The van der Waals surface area contributed by atoms with Gasteiger partial charge in [-0.05, 0) is 35.9 Å². The molecule has 5 aromatic rings. The van der Waals surface area contributed by atoms with Crippen LogP contribution in [0.4, 0.5) is 5.69 Å². The number of hydrogen-bond donors (Lipinski definition) is 0. The summed E-state index contributed by atoms with van der Waals surface area (Å²) in [6.45, 7) is 2.41. The van der Waals surface area contributed by atoms with E-state index in [1.54, 1.807) is 10.9 Å². The highest BCUT2D eigenvalue weighted by Crippen LogP contribution is 2.30. The molecule has 2 aromatic carbocycles. The summed E-state index contributed by atoms with van der Waals surface area (Å²) in [7, 11) is 0. The SMILES string of the molecule is Cl.O=c1c2c(N3CCOC(c4ccc(Cl)cc4)C3)cccc2cnn1CCc1cn2ccccc2n1. The fraction of sp³-hybridized carbons (Fsp3) is 0.222. The smallest absolute Gasteiger partial charge is 0.276 e. The Bertz CT molecular complexity index is 1530. The van der Waals surface area contributed by atoms with Crippen molar-refractivity contribution in [3.63, 3.8) is 0 Å². The van der Waals surface area contributed by atoms with Gasteiger partial charge in [0.15, 0.2) is 0 Å². The average molecular weight is 522 g/mol. The molecule has 4 heterocycles. The van der Waals surface area contributed by atoms with Gasteiger partial charge in [0.2, 0.25) is 0 Å². The van der Waals surface area contributed by atoms with E-state index in [0.29, 0.717) is 43.1 Å². The van der Waals surface area contributed by atoms with Crippen molar-refractivity contribution in [2.45, 2.75) is 19.1 Å². The molecule has 0 radical (unpaired) electrons. The molecular formula is C27H25Cl2N5O2. The van der Waals surface area contributed by atoms with E-state index in [4.69, 9.17) is 16.3 Å². The zero-order valence-corrected chi connectivity index (χ0v) is 21.0. The van der Waals surface area contributed by atoms with E-state index in [0.717, 1.165) is 28.0 Å². The van der Waals surface area contributed by atoms with Crippen LogP contribution in [-0.2, 0) is 17.7 Å². The van der Waals surface area contributed by atoms with E-state index >= 15 is 0 Å². The summed E-state index contributed by atoms with van der Waals surface area (Å²) in [5, 5.41) is 6.68. The molecule has 184 valence electrons. The number of nitrogens with zero attached hydrogens (tertiary/aromatic N) is 5. The second-order valence-electron chi connectivity index (χ2n) is 8.72. The van der Waals surface area contributed by atoms with Gasteiger partial charge in [-0.25, -0.2) is 9.67 Å². The lowest BCUT2D eigenvalue weighted by atomic mass is 10.1. The Morgan fingerprint density at radius 2 is 1.92 bits per heavy atom. The number of aromatic nitrogens is 4. The number of pyridine rings is 1. The first kappa shape index (κ1) is 24.3. The summed E-state index contributed by atoms with van der Waals surface area (Å²) in [4.78, 5) is 20.5. The summed E-state index contributed by atoms with van der Waals surface area (Å²) in [5.41, 5.74) is 3.73. The van der Waals surface area contributed by atoms with Gasteiger partial charge in [-0.1, -0.05) is 41.9 Å². The van der Waals surface area contributed by atoms with Gasteiger partial charge >= 0.3 is 0 Å². The van der Waals surface area contributed by atoms with E-state index in [1.165, 1.54) is 0 Å².